The van der Waals surface area contributed by atoms with Crippen molar-refractivity contribution in [3.8, 4) is 57.5 Å². The highest BCUT2D eigenvalue weighted by Crippen LogP contribution is 2.55. The average molecular weight is 833 g/mol. The minimum absolute atomic E-state index is 0.247. The first-order valence-corrected chi connectivity index (χ1v) is 18.7. The number of ether oxygens (including phenoxy) is 13. The Balaban J connectivity index is 1.61. The molecule has 16 nitrogen and oxygen atoms in total. The highest BCUT2D eigenvalue weighted by Gasteiger charge is 2.48. The van der Waals surface area contributed by atoms with Gasteiger partial charge in [0.1, 0.15) is 23.0 Å². The molecule has 2 aliphatic heterocycles. The summed E-state index contributed by atoms with van der Waals surface area (Å²) in [5.41, 5.74) is 2.41. The fourth-order valence-corrected chi connectivity index (χ4v) is 7.77. The molecule has 0 spiro atoms. The normalized spacial score (nSPS) is 20.1. The highest BCUT2D eigenvalue weighted by molar-refractivity contribution is 5.70. The SMILES string of the molecule is COc1ccc2c(c1)OC(c1cc(OC)c(OC)c(OC)c1)C(OC(C)=O)C2c1cc2c(cc1OC)OC(c1cc(OC)c(OC)c(OC)c1)C(OC(C)=O)C2OC(C)=O. The number of hydrogen-bond acceptors (Lipinski definition) is 16. The van der Waals surface area contributed by atoms with Gasteiger partial charge in [0.05, 0.1) is 62.8 Å². The van der Waals surface area contributed by atoms with E-state index in [1.165, 1.54) is 77.6 Å². The van der Waals surface area contributed by atoms with Crippen LogP contribution in [0.25, 0.3) is 0 Å². The summed E-state index contributed by atoms with van der Waals surface area (Å²) in [7, 11) is 11.9. The van der Waals surface area contributed by atoms with Crippen LogP contribution in [0.15, 0.2) is 54.6 Å². The molecule has 2 aliphatic rings. The van der Waals surface area contributed by atoms with E-state index in [0.29, 0.717) is 79.6 Å². The van der Waals surface area contributed by atoms with Crippen LogP contribution < -0.4 is 47.4 Å². The zero-order valence-corrected chi connectivity index (χ0v) is 35.2. The lowest BCUT2D eigenvalue weighted by Gasteiger charge is -2.41. The molecule has 16 heteroatoms. The topological polar surface area (TPSA) is 171 Å². The van der Waals surface area contributed by atoms with Crippen LogP contribution >= 0.6 is 0 Å². The van der Waals surface area contributed by atoms with Gasteiger partial charge in [-0.05, 0) is 36.4 Å². The molecule has 6 unspecified atom stereocenters. The molecule has 0 radical (unpaired) electrons. The van der Waals surface area contributed by atoms with Gasteiger partial charge in [-0.2, -0.15) is 0 Å². The lowest BCUT2D eigenvalue weighted by atomic mass is 9.78. The smallest absolute Gasteiger partial charge is 0.303 e. The molecule has 320 valence electrons. The van der Waals surface area contributed by atoms with E-state index >= 15 is 0 Å². The van der Waals surface area contributed by atoms with Gasteiger partial charge in [0, 0.05) is 60.7 Å². The summed E-state index contributed by atoms with van der Waals surface area (Å²) in [5, 5.41) is 0. The van der Waals surface area contributed by atoms with E-state index in [0.717, 1.165) is 0 Å². The van der Waals surface area contributed by atoms with Crippen molar-refractivity contribution in [2.24, 2.45) is 0 Å². The number of fused-ring (bicyclic) bond motifs is 2. The van der Waals surface area contributed by atoms with E-state index in [1.807, 2.05) is 6.07 Å². The third kappa shape index (κ3) is 8.13. The first-order chi connectivity index (χ1) is 28.8. The number of benzene rings is 4. The summed E-state index contributed by atoms with van der Waals surface area (Å²) in [4.78, 5) is 38.8. The van der Waals surface area contributed by atoms with Gasteiger partial charge in [-0.3, -0.25) is 14.4 Å². The number of carbonyl (C=O) groups is 3. The van der Waals surface area contributed by atoms with Gasteiger partial charge in [-0.25, -0.2) is 0 Å². The maximum Gasteiger partial charge on any atom is 0.303 e. The average Bonchev–Trinajstić information content (AvgIpc) is 3.24. The summed E-state index contributed by atoms with van der Waals surface area (Å²) >= 11 is 0. The zero-order chi connectivity index (χ0) is 43.4. The number of hydrogen-bond donors (Lipinski definition) is 0. The van der Waals surface area contributed by atoms with Crippen LogP contribution in [0.5, 0.6) is 57.5 Å². The molecule has 60 heavy (non-hydrogen) atoms. The second kappa shape index (κ2) is 18.1. The summed E-state index contributed by atoms with van der Waals surface area (Å²) in [6.45, 7) is 3.79. The number of methoxy groups -OCH3 is 8. The lowest BCUT2D eigenvalue weighted by Crippen LogP contribution is -2.40. The Hall–Kier alpha value is -6.71. The molecular weight excluding hydrogens is 784 g/mol. The molecule has 0 aliphatic carbocycles. The molecular formula is C44H48O16. The minimum Gasteiger partial charge on any atom is -0.497 e. The fraction of sp³-hybridized carbons (Fsp3) is 0.386. The van der Waals surface area contributed by atoms with E-state index in [1.54, 1.807) is 48.5 Å². The number of esters is 3. The van der Waals surface area contributed by atoms with Crippen molar-refractivity contribution in [1.29, 1.82) is 0 Å². The van der Waals surface area contributed by atoms with Crippen LogP contribution in [0, 0.1) is 0 Å². The Morgan fingerprint density at radius 2 is 0.900 bits per heavy atom. The maximum absolute atomic E-state index is 13.1. The first kappa shape index (κ1) is 42.9. The Bertz CT molecular complexity index is 2200. The summed E-state index contributed by atoms with van der Waals surface area (Å²) in [6, 6.07) is 15.4. The second-order valence-electron chi connectivity index (χ2n) is 13.7. The van der Waals surface area contributed by atoms with E-state index in [2.05, 4.69) is 0 Å². The minimum atomic E-state index is -1.23. The van der Waals surface area contributed by atoms with Crippen LogP contribution in [0.1, 0.15) is 72.8 Å². The molecule has 0 bridgehead atoms. The van der Waals surface area contributed by atoms with E-state index in [9.17, 15) is 14.4 Å². The Morgan fingerprint density at radius 1 is 0.450 bits per heavy atom. The molecule has 0 N–H and O–H groups in total. The van der Waals surface area contributed by atoms with Crippen LogP contribution in [0.4, 0.5) is 0 Å². The van der Waals surface area contributed by atoms with Crippen molar-refractivity contribution in [3.63, 3.8) is 0 Å². The Labute approximate surface area is 347 Å². The fourth-order valence-electron chi connectivity index (χ4n) is 7.77. The predicted octanol–water partition coefficient (Wildman–Crippen LogP) is 6.62. The molecule has 0 saturated heterocycles. The molecule has 0 fully saturated rings. The number of rotatable bonds is 14. The predicted molar refractivity (Wildman–Crippen MR) is 212 cm³/mol. The molecule has 4 aromatic rings. The van der Waals surface area contributed by atoms with Crippen molar-refractivity contribution in [3.05, 3.63) is 82.4 Å². The molecule has 0 aromatic heterocycles. The van der Waals surface area contributed by atoms with Crippen molar-refractivity contribution in [1.82, 2.24) is 0 Å². The maximum atomic E-state index is 13.1. The van der Waals surface area contributed by atoms with Gasteiger partial charge in [-0.15, -0.1) is 0 Å². The van der Waals surface area contributed by atoms with E-state index in [4.69, 9.17) is 61.6 Å². The van der Waals surface area contributed by atoms with Gasteiger partial charge in [0.25, 0.3) is 0 Å². The lowest BCUT2D eigenvalue weighted by molar-refractivity contribution is -0.178. The molecule has 0 saturated carbocycles. The second-order valence-corrected chi connectivity index (χ2v) is 13.7. The quantitative estimate of drug-likeness (QED) is 0.0980. The molecule has 6 rings (SSSR count). The monoisotopic (exact) mass is 832 g/mol. The van der Waals surface area contributed by atoms with Crippen LogP contribution in [-0.2, 0) is 28.6 Å². The highest BCUT2D eigenvalue weighted by atomic mass is 16.6. The van der Waals surface area contributed by atoms with E-state index in [-0.39, 0.29) is 5.75 Å². The largest absolute Gasteiger partial charge is 0.497 e. The number of carbonyl (C=O) groups excluding carboxylic acids is 3. The summed E-state index contributed by atoms with van der Waals surface area (Å²) in [5.74, 6) is 0.744. The van der Waals surface area contributed by atoms with Crippen LogP contribution in [0.2, 0.25) is 0 Å². The standard InChI is InChI=1S/C44H48O16/c1-21(45)56-40-29-19-28(30(49-5)20-32(29)60-39(44(40)58-23(3)47)25-16-35(52-8)42(55-11)36(17-25)53-9)37-27-13-12-26(48-4)18-31(27)59-38(43(37)57-22(2)46)24-14-33(50-6)41(54-10)34(15-24)51-7/h12-20,37-40,43-44H,1-11H3. The zero-order valence-electron chi connectivity index (χ0n) is 35.2. The van der Waals surface area contributed by atoms with Gasteiger partial charge >= 0.3 is 17.9 Å². The summed E-state index contributed by atoms with van der Waals surface area (Å²) < 4.78 is 76.9. The van der Waals surface area contributed by atoms with Gasteiger partial charge < -0.3 is 61.6 Å². The van der Waals surface area contributed by atoms with Crippen molar-refractivity contribution < 1.29 is 76.0 Å². The van der Waals surface area contributed by atoms with Crippen LogP contribution in [0.3, 0.4) is 0 Å². The van der Waals surface area contributed by atoms with Gasteiger partial charge in [0.15, 0.2) is 53.5 Å². The molecule has 4 aromatic carbocycles. The van der Waals surface area contributed by atoms with Gasteiger partial charge in [0.2, 0.25) is 11.5 Å². The third-order valence-electron chi connectivity index (χ3n) is 10.2. The third-order valence-corrected chi connectivity index (χ3v) is 10.2. The Morgan fingerprint density at radius 3 is 1.33 bits per heavy atom. The van der Waals surface area contributed by atoms with Crippen molar-refractivity contribution in [2.75, 3.05) is 56.9 Å². The van der Waals surface area contributed by atoms with Crippen LogP contribution in [-0.4, -0.2) is 87.0 Å². The Kier molecular flexibility index (Phi) is 12.9. The molecule has 2 heterocycles. The van der Waals surface area contributed by atoms with Crippen molar-refractivity contribution >= 4 is 17.9 Å². The summed E-state index contributed by atoms with van der Waals surface area (Å²) in [6.07, 6.45) is -5.56. The van der Waals surface area contributed by atoms with Crippen molar-refractivity contribution in [2.45, 2.75) is 57.2 Å². The van der Waals surface area contributed by atoms with Gasteiger partial charge in [-0.1, -0.05) is 6.07 Å². The molecule has 6 atom stereocenters. The molecule has 0 amide bonds. The van der Waals surface area contributed by atoms with E-state index < -0.39 is 54.3 Å². The first-order valence-electron chi connectivity index (χ1n) is 18.7.